The summed E-state index contributed by atoms with van der Waals surface area (Å²) in [4.78, 5) is 15.4. The highest BCUT2D eigenvalue weighted by Gasteiger charge is 2.34. The predicted molar refractivity (Wildman–Crippen MR) is 68.1 cm³/mol. The van der Waals surface area contributed by atoms with Crippen LogP contribution in [-0.4, -0.2) is 22.6 Å². The second-order valence-corrected chi connectivity index (χ2v) is 4.33. The molecule has 0 unspecified atom stereocenters. The molecule has 0 fully saturated rings. The summed E-state index contributed by atoms with van der Waals surface area (Å²) < 4.78 is 0. The van der Waals surface area contributed by atoms with Crippen molar-refractivity contribution >= 4 is 11.7 Å². The predicted octanol–water partition coefficient (Wildman–Crippen LogP) is 2.69. The second kappa shape index (κ2) is 5.66. The molecular formula is C13H20N2O2. The number of aryl methyl sites for hydroxylation is 1. The van der Waals surface area contributed by atoms with Crippen LogP contribution >= 0.6 is 0 Å². The van der Waals surface area contributed by atoms with Crippen molar-refractivity contribution in [2.75, 3.05) is 11.9 Å². The molecule has 0 spiro atoms. The summed E-state index contributed by atoms with van der Waals surface area (Å²) in [5.41, 5.74) is 1.16. The smallest absolute Gasteiger partial charge is 0.311 e. The summed E-state index contributed by atoms with van der Waals surface area (Å²) in [7, 11) is 0. The zero-order valence-corrected chi connectivity index (χ0v) is 10.7. The Kier molecular flexibility index (Phi) is 4.49. The van der Waals surface area contributed by atoms with Crippen LogP contribution in [-0.2, 0) is 4.79 Å². The summed E-state index contributed by atoms with van der Waals surface area (Å²) in [6, 6.07) is 3.77. The summed E-state index contributed by atoms with van der Waals surface area (Å²) in [6.45, 7) is 6.18. The highest BCUT2D eigenvalue weighted by atomic mass is 16.4. The average Bonchev–Trinajstić information content (AvgIpc) is 2.31. The Hall–Kier alpha value is -1.58. The minimum atomic E-state index is -0.735. The maximum atomic E-state index is 11.3. The standard InChI is InChI=1S/C13H20N2O2/c1-4-13(5-2,12(16)17)9-15-11-6-7-14-10(3)8-11/h6-8H,4-5,9H2,1-3H3,(H,14,15)(H,16,17). The minimum Gasteiger partial charge on any atom is -0.481 e. The average molecular weight is 236 g/mol. The fourth-order valence-electron chi connectivity index (χ4n) is 1.80. The SMILES string of the molecule is CCC(CC)(CNc1ccnc(C)c1)C(=O)O. The lowest BCUT2D eigenvalue weighted by atomic mass is 9.82. The van der Waals surface area contributed by atoms with Crippen LogP contribution in [0.2, 0.25) is 0 Å². The van der Waals surface area contributed by atoms with Gasteiger partial charge >= 0.3 is 5.97 Å². The lowest BCUT2D eigenvalue weighted by molar-refractivity contribution is -0.148. The molecule has 1 aromatic rings. The third kappa shape index (κ3) is 3.19. The molecule has 0 aliphatic rings. The van der Waals surface area contributed by atoms with Crippen LogP contribution < -0.4 is 5.32 Å². The number of aliphatic carboxylic acids is 1. The molecule has 94 valence electrons. The number of aromatic nitrogens is 1. The van der Waals surface area contributed by atoms with Crippen molar-refractivity contribution in [2.45, 2.75) is 33.6 Å². The van der Waals surface area contributed by atoms with Gasteiger partial charge in [-0.15, -0.1) is 0 Å². The Morgan fingerprint density at radius 1 is 1.47 bits per heavy atom. The number of anilines is 1. The van der Waals surface area contributed by atoms with E-state index in [-0.39, 0.29) is 0 Å². The third-order valence-corrected chi connectivity index (χ3v) is 3.33. The number of pyridine rings is 1. The largest absolute Gasteiger partial charge is 0.481 e. The summed E-state index contributed by atoms with van der Waals surface area (Å²) >= 11 is 0. The molecule has 0 amide bonds. The van der Waals surface area contributed by atoms with Gasteiger partial charge in [0, 0.05) is 24.1 Å². The zero-order chi connectivity index (χ0) is 12.9. The van der Waals surface area contributed by atoms with Gasteiger partial charge in [0.05, 0.1) is 5.41 Å². The Labute approximate surface area is 102 Å². The van der Waals surface area contributed by atoms with Crippen LogP contribution in [0.15, 0.2) is 18.3 Å². The van der Waals surface area contributed by atoms with Crippen LogP contribution in [0.1, 0.15) is 32.4 Å². The van der Waals surface area contributed by atoms with Gasteiger partial charge < -0.3 is 10.4 Å². The summed E-state index contributed by atoms with van der Waals surface area (Å²) in [5.74, 6) is -0.735. The van der Waals surface area contributed by atoms with Crippen LogP contribution in [0.4, 0.5) is 5.69 Å². The molecule has 17 heavy (non-hydrogen) atoms. The molecule has 4 heteroatoms. The summed E-state index contributed by atoms with van der Waals surface area (Å²) in [6.07, 6.45) is 2.96. The Bertz CT molecular complexity index is 387. The lowest BCUT2D eigenvalue weighted by Gasteiger charge is -2.27. The molecule has 1 rings (SSSR count). The first-order valence-electron chi connectivity index (χ1n) is 5.94. The number of rotatable bonds is 6. The van der Waals surface area contributed by atoms with Gasteiger partial charge in [0.25, 0.3) is 0 Å². The summed E-state index contributed by atoms with van der Waals surface area (Å²) in [5, 5.41) is 12.5. The number of nitrogens with one attached hydrogen (secondary N) is 1. The van der Waals surface area contributed by atoms with Crippen molar-refractivity contribution in [1.82, 2.24) is 4.98 Å². The number of carboxylic acids is 1. The molecule has 0 atom stereocenters. The van der Waals surface area contributed by atoms with E-state index >= 15 is 0 Å². The maximum Gasteiger partial charge on any atom is 0.311 e. The van der Waals surface area contributed by atoms with E-state index in [2.05, 4.69) is 10.3 Å². The Morgan fingerprint density at radius 2 is 2.12 bits per heavy atom. The van der Waals surface area contributed by atoms with Crippen molar-refractivity contribution < 1.29 is 9.90 Å². The molecule has 0 aliphatic carbocycles. The van der Waals surface area contributed by atoms with E-state index in [0.717, 1.165) is 11.4 Å². The molecular weight excluding hydrogens is 216 g/mol. The van der Waals surface area contributed by atoms with Crippen LogP contribution in [0.3, 0.4) is 0 Å². The van der Waals surface area contributed by atoms with Gasteiger partial charge in [-0.25, -0.2) is 0 Å². The van der Waals surface area contributed by atoms with E-state index in [1.165, 1.54) is 0 Å². The lowest BCUT2D eigenvalue weighted by Crippen LogP contribution is -2.36. The first-order valence-corrected chi connectivity index (χ1v) is 5.94. The molecule has 1 aromatic heterocycles. The molecule has 0 radical (unpaired) electrons. The van der Waals surface area contributed by atoms with Gasteiger partial charge in [0.1, 0.15) is 0 Å². The minimum absolute atomic E-state index is 0.443. The van der Waals surface area contributed by atoms with E-state index in [1.54, 1.807) is 6.20 Å². The normalized spacial score (nSPS) is 11.2. The number of carbonyl (C=O) groups is 1. The zero-order valence-electron chi connectivity index (χ0n) is 10.7. The molecule has 0 bridgehead atoms. The first-order chi connectivity index (χ1) is 8.04. The van der Waals surface area contributed by atoms with Crippen LogP contribution in [0, 0.1) is 12.3 Å². The molecule has 4 nitrogen and oxygen atoms in total. The number of nitrogens with zero attached hydrogens (tertiary/aromatic N) is 1. The quantitative estimate of drug-likeness (QED) is 0.797. The molecule has 0 saturated heterocycles. The van der Waals surface area contributed by atoms with Crippen LogP contribution in [0.5, 0.6) is 0 Å². The van der Waals surface area contributed by atoms with E-state index < -0.39 is 11.4 Å². The molecule has 1 heterocycles. The number of hydrogen-bond donors (Lipinski definition) is 2. The van der Waals surface area contributed by atoms with Gasteiger partial charge in [-0.3, -0.25) is 9.78 Å². The van der Waals surface area contributed by atoms with E-state index in [1.807, 2.05) is 32.9 Å². The number of hydrogen-bond acceptors (Lipinski definition) is 3. The molecule has 0 aromatic carbocycles. The van der Waals surface area contributed by atoms with Crippen molar-refractivity contribution in [1.29, 1.82) is 0 Å². The van der Waals surface area contributed by atoms with Gasteiger partial charge in [0.15, 0.2) is 0 Å². The van der Waals surface area contributed by atoms with Crippen molar-refractivity contribution in [3.63, 3.8) is 0 Å². The van der Waals surface area contributed by atoms with Gasteiger partial charge in [-0.1, -0.05) is 13.8 Å². The van der Waals surface area contributed by atoms with Gasteiger partial charge in [0.2, 0.25) is 0 Å². The highest BCUT2D eigenvalue weighted by molar-refractivity contribution is 5.75. The topological polar surface area (TPSA) is 62.2 Å². The fourth-order valence-corrected chi connectivity index (χ4v) is 1.80. The van der Waals surface area contributed by atoms with Crippen molar-refractivity contribution in [3.05, 3.63) is 24.0 Å². The molecule has 0 aliphatic heterocycles. The fraction of sp³-hybridized carbons (Fsp3) is 0.538. The Morgan fingerprint density at radius 3 is 2.59 bits per heavy atom. The molecule has 2 N–H and O–H groups in total. The van der Waals surface area contributed by atoms with E-state index in [9.17, 15) is 9.90 Å². The first kappa shape index (κ1) is 13.5. The second-order valence-electron chi connectivity index (χ2n) is 4.33. The van der Waals surface area contributed by atoms with E-state index in [4.69, 9.17) is 0 Å². The monoisotopic (exact) mass is 236 g/mol. The van der Waals surface area contributed by atoms with Gasteiger partial charge in [-0.05, 0) is 31.9 Å². The van der Waals surface area contributed by atoms with Gasteiger partial charge in [-0.2, -0.15) is 0 Å². The van der Waals surface area contributed by atoms with Crippen molar-refractivity contribution in [2.24, 2.45) is 5.41 Å². The van der Waals surface area contributed by atoms with Crippen molar-refractivity contribution in [3.8, 4) is 0 Å². The maximum absolute atomic E-state index is 11.3. The molecule has 0 saturated carbocycles. The number of carboxylic acid groups (broad SMARTS) is 1. The van der Waals surface area contributed by atoms with Crippen LogP contribution in [0.25, 0.3) is 0 Å². The third-order valence-electron chi connectivity index (χ3n) is 3.33. The highest BCUT2D eigenvalue weighted by Crippen LogP contribution is 2.27. The Balaban J connectivity index is 2.74. The van der Waals surface area contributed by atoms with E-state index in [0.29, 0.717) is 19.4 Å².